The minimum atomic E-state index is -3.60. The molecule has 2 rings (SSSR count). The largest absolute Gasteiger partial charge is 0.354 e. The van der Waals surface area contributed by atoms with Crippen molar-refractivity contribution >= 4 is 50.7 Å². The number of anilines is 1. The van der Waals surface area contributed by atoms with Gasteiger partial charge < -0.3 is 10.2 Å². The third kappa shape index (κ3) is 8.68. The van der Waals surface area contributed by atoms with Gasteiger partial charge in [-0.05, 0) is 61.6 Å². The van der Waals surface area contributed by atoms with Gasteiger partial charge >= 0.3 is 0 Å². The summed E-state index contributed by atoms with van der Waals surface area (Å²) in [5, 5.41) is 3.89. The maximum atomic E-state index is 13.3. The Bertz CT molecular complexity index is 1170. The van der Waals surface area contributed by atoms with Gasteiger partial charge in [0.25, 0.3) is 0 Å². The SMILES string of the molecule is Cc1c(Cl)cccc1N(CCCC(=O)N(Cc1cccc(Cl)c1)[C@H](C)C(=O)NCC(C)C)S(C)(=O)=O. The summed E-state index contributed by atoms with van der Waals surface area (Å²) in [7, 11) is -3.60. The third-order valence-corrected chi connectivity index (χ3v) is 7.58. The molecule has 0 spiro atoms. The predicted octanol–water partition coefficient (Wildman–Crippen LogP) is 5.04. The zero-order valence-corrected chi connectivity index (χ0v) is 23.8. The van der Waals surface area contributed by atoms with Gasteiger partial charge in [-0.25, -0.2) is 8.42 Å². The Morgan fingerprint density at radius 1 is 1.06 bits per heavy atom. The Balaban J connectivity index is 2.20. The van der Waals surface area contributed by atoms with Crippen molar-refractivity contribution in [2.75, 3.05) is 23.7 Å². The van der Waals surface area contributed by atoms with Crippen LogP contribution in [0.4, 0.5) is 5.69 Å². The zero-order valence-electron chi connectivity index (χ0n) is 21.4. The van der Waals surface area contributed by atoms with Crippen molar-refractivity contribution < 1.29 is 18.0 Å². The van der Waals surface area contributed by atoms with Gasteiger partial charge in [-0.1, -0.05) is 55.2 Å². The average Bonchev–Trinajstić information content (AvgIpc) is 2.79. The van der Waals surface area contributed by atoms with Crippen LogP contribution in [0.2, 0.25) is 10.0 Å². The number of halogens is 2. The fourth-order valence-corrected chi connectivity index (χ4v) is 5.11. The number of amides is 2. The smallest absolute Gasteiger partial charge is 0.242 e. The van der Waals surface area contributed by atoms with Crippen LogP contribution in [-0.2, 0) is 26.2 Å². The lowest BCUT2D eigenvalue weighted by molar-refractivity contribution is -0.140. The molecule has 0 aromatic heterocycles. The number of hydrogen-bond acceptors (Lipinski definition) is 4. The molecule has 36 heavy (non-hydrogen) atoms. The van der Waals surface area contributed by atoms with E-state index in [-0.39, 0.29) is 43.7 Å². The molecule has 198 valence electrons. The second kappa shape index (κ2) is 13.3. The minimum absolute atomic E-state index is 0.0635. The summed E-state index contributed by atoms with van der Waals surface area (Å²) in [5.74, 6) is -0.222. The molecule has 0 heterocycles. The Morgan fingerprint density at radius 3 is 2.33 bits per heavy atom. The van der Waals surface area contributed by atoms with Crippen molar-refractivity contribution in [3.8, 4) is 0 Å². The van der Waals surface area contributed by atoms with Crippen LogP contribution in [0.5, 0.6) is 0 Å². The molecule has 10 heteroatoms. The molecular formula is C26H35Cl2N3O4S. The van der Waals surface area contributed by atoms with Crippen molar-refractivity contribution in [2.45, 2.75) is 53.1 Å². The van der Waals surface area contributed by atoms with Crippen molar-refractivity contribution in [2.24, 2.45) is 5.92 Å². The normalized spacial score (nSPS) is 12.3. The highest BCUT2D eigenvalue weighted by molar-refractivity contribution is 7.92. The van der Waals surface area contributed by atoms with Crippen molar-refractivity contribution in [3.63, 3.8) is 0 Å². The lowest BCUT2D eigenvalue weighted by Gasteiger charge is -2.30. The first-order valence-electron chi connectivity index (χ1n) is 11.9. The standard InChI is InChI=1S/C26H35Cl2N3O4S/c1-18(2)16-29-26(33)20(4)30(17-21-9-6-10-22(27)15-21)25(32)13-8-14-31(36(5,34)35)24-12-7-11-23(28)19(24)3/h6-7,9-12,15,18,20H,8,13-14,16-17H2,1-5H3,(H,29,33)/t20-/m1/s1. The molecule has 0 saturated heterocycles. The highest BCUT2D eigenvalue weighted by Crippen LogP contribution is 2.28. The first-order valence-corrected chi connectivity index (χ1v) is 14.5. The van der Waals surface area contributed by atoms with Crippen LogP contribution in [-0.4, -0.2) is 50.5 Å². The maximum absolute atomic E-state index is 13.3. The second-order valence-corrected chi connectivity index (χ2v) is 12.0. The molecule has 0 aliphatic heterocycles. The summed E-state index contributed by atoms with van der Waals surface area (Å²) >= 11 is 12.3. The van der Waals surface area contributed by atoms with E-state index >= 15 is 0 Å². The number of nitrogens with one attached hydrogen (secondary N) is 1. The topological polar surface area (TPSA) is 86.8 Å². The fraction of sp³-hybridized carbons (Fsp3) is 0.462. The first-order chi connectivity index (χ1) is 16.8. The Morgan fingerprint density at radius 2 is 1.72 bits per heavy atom. The summed E-state index contributed by atoms with van der Waals surface area (Å²) in [6, 6.07) is 11.5. The molecule has 0 aliphatic carbocycles. The number of benzene rings is 2. The highest BCUT2D eigenvalue weighted by Gasteiger charge is 2.27. The quantitative estimate of drug-likeness (QED) is 0.397. The van der Waals surface area contributed by atoms with Crippen LogP contribution in [0.3, 0.4) is 0 Å². The van der Waals surface area contributed by atoms with E-state index in [9.17, 15) is 18.0 Å². The van der Waals surface area contributed by atoms with Gasteiger partial charge in [0.05, 0.1) is 11.9 Å². The third-order valence-electron chi connectivity index (χ3n) is 5.75. The molecule has 2 amide bonds. The van der Waals surface area contributed by atoms with Crippen molar-refractivity contribution in [1.82, 2.24) is 10.2 Å². The summed E-state index contributed by atoms with van der Waals surface area (Å²) < 4.78 is 26.3. The van der Waals surface area contributed by atoms with Crippen LogP contribution >= 0.6 is 23.2 Å². The molecule has 0 aliphatic rings. The summed E-state index contributed by atoms with van der Waals surface area (Å²) in [6.07, 6.45) is 1.46. The van der Waals surface area contributed by atoms with E-state index in [0.29, 0.717) is 27.8 Å². The number of hydrogen-bond donors (Lipinski definition) is 1. The molecule has 2 aromatic carbocycles. The number of carbonyl (C=O) groups excluding carboxylic acids is 2. The van der Waals surface area contributed by atoms with Crippen LogP contribution < -0.4 is 9.62 Å². The minimum Gasteiger partial charge on any atom is -0.354 e. The van der Waals surface area contributed by atoms with Gasteiger partial charge in [0, 0.05) is 36.1 Å². The molecule has 0 saturated carbocycles. The Labute approximate surface area is 224 Å². The predicted molar refractivity (Wildman–Crippen MR) is 147 cm³/mol. The molecular weight excluding hydrogens is 521 g/mol. The van der Waals surface area contributed by atoms with Crippen LogP contribution in [0.25, 0.3) is 0 Å². The van der Waals surface area contributed by atoms with Gasteiger partial charge in [0.15, 0.2) is 0 Å². The molecule has 0 fully saturated rings. The Hall–Kier alpha value is -2.29. The van der Waals surface area contributed by atoms with Crippen molar-refractivity contribution in [3.05, 3.63) is 63.6 Å². The highest BCUT2D eigenvalue weighted by atomic mass is 35.5. The van der Waals surface area contributed by atoms with Crippen LogP contribution in [0.15, 0.2) is 42.5 Å². The molecule has 2 aromatic rings. The Kier molecular flexibility index (Phi) is 11.1. The number of rotatable bonds is 12. The average molecular weight is 557 g/mol. The van der Waals surface area contributed by atoms with Gasteiger partial charge in [0.1, 0.15) is 6.04 Å². The van der Waals surface area contributed by atoms with E-state index in [4.69, 9.17) is 23.2 Å². The fourth-order valence-electron chi connectivity index (χ4n) is 3.72. The van der Waals surface area contributed by atoms with Gasteiger partial charge in [-0.2, -0.15) is 0 Å². The molecule has 0 unspecified atom stereocenters. The molecule has 0 radical (unpaired) electrons. The van der Waals surface area contributed by atoms with E-state index < -0.39 is 16.1 Å². The van der Waals surface area contributed by atoms with Crippen molar-refractivity contribution in [1.29, 1.82) is 0 Å². The monoisotopic (exact) mass is 555 g/mol. The van der Waals surface area contributed by atoms with E-state index in [1.807, 2.05) is 19.9 Å². The van der Waals surface area contributed by atoms with E-state index in [1.54, 1.807) is 50.2 Å². The van der Waals surface area contributed by atoms with Gasteiger partial charge in [0.2, 0.25) is 21.8 Å². The first kappa shape index (κ1) is 29.9. The lowest BCUT2D eigenvalue weighted by atomic mass is 10.1. The summed E-state index contributed by atoms with van der Waals surface area (Å²) in [5.41, 5.74) is 1.93. The van der Waals surface area contributed by atoms with E-state index in [2.05, 4.69) is 5.32 Å². The molecule has 7 nitrogen and oxygen atoms in total. The van der Waals surface area contributed by atoms with Gasteiger partial charge in [-0.3, -0.25) is 13.9 Å². The summed E-state index contributed by atoms with van der Waals surface area (Å²) in [4.78, 5) is 27.6. The number of sulfonamides is 1. The van der Waals surface area contributed by atoms with Crippen LogP contribution in [0.1, 0.15) is 44.7 Å². The molecule has 0 bridgehead atoms. The maximum Gasteiger partial charge on any atom is 0.242 e. The van der Waals surface area contributed by atoms with Gasteiger partial charge in [-0.15, -0.1) is 0 Å². The number of nitrogens with zero attached hydrogens (tertiary/aromatic N) is 2. The van der Waals surface area contributed by atoms with E-state index in [1.165, 1.54) is 9.21 Å². The summed E-state index contributed by atoms with van der Waals surface area (Å²) in [6.45, 7) is 8.25. The van der Waals surface area contributed by atoms with Crippen LogP contribution in [0, 0.1) is 12.8 Å². The molecule has 1 N–H and O–H groups in total. The lowest BCUT2D eigenvalue weighted by Crippen LogP contribution is -2.48. The van der Waals surface area contributed by atoms with E-state index in [0.717, 1.165) is 11.8 Å². The molecule has 1 atom stereocenters. The zero-order chi connectivity index (χ0) is 27.0. The second-order valence-electron chi connectivity index (χ2n) is 9.29. The number of carbonyl (C=O) groups is 2.